The predicted octanol–water partition coefficient (Wildman–Crippen LogP) is 3.58. The van der Waals surface area contributed by atoms with Crippen LogP contribution in [0.3, 0.4) is 0 Å². The van der Waals surface area contributed by atoms with Crippen LogP contribution in [0.2, 0.25) is 5.02 Å². The molecule has 2 atom stereocenters. The molecule has 1 aliphatic heterocycles. The van der Waals surface area contributed by atoms with Crippen LogP contribution in [-0.2, 0) is 19.1 Å². The summed E-state index contributed by atoms with van der Waals surface area (Å²) in [5, 5.41) is 6.43. The molecule has 2 heterocycles. The van der Waals surface area contributed by atoms with Crippen molar-refractivity contribution >= 4 is 29.2 Å². The van der Waals surface area contributed by atoms with Crippen molar-refractivity contribution in [2.75, 3.05) is 13.2 Å². The van der Waals surface area contributed by atoms with Gasteiger partial charge in [-0.25, -0.2) is 9.80 Å². The van der Waals surface area contributed by atoms with Crippen molar-refractivity contribution in [3.8, 4) is 0 Å². The van der Waals surface area contributed by atoms with E-state index in [1.165, 1.54) is 11.9 Å². The van der Waals surface area contributed by atoms with E-state index in [-0.39, 0.29) is 6.61 Å². The number of furan rings is 1. The third-order valence-corrected chi connectivity index (χ3v) is 4.52. The molecule has 0 bridgehead atoms. The lowest BCUT2D eigenvalue weighted by atomic mass is 10.0. The average molecular weight is 405 g/mol. The summed E-state index contributed by atoms with van der Waals surface area (Å²) >= 11 is 5.96. The van der Waals surface area contributed by atoms with E-state index >= 15 is 0 Å². The predicted molar refractivity (Wildman–Crippen MR) is 103 cm³/mol. The van der Waals surface area contributed by atoms with Gasteiger partial charge in [-0.15, -0.1) is 0 Å². The number of hydrazone groups is 1. The quantitative estimate of drug-likeness (QED) is 0.659. The number of esters is 1. The van der Waals surface area contributed by atoms with E-state index in [9.17, 15) is 9.59 Å². The molecule has 3 rings (SSSR count). The molecule has 0 radical (unpaired) electrons. The summed E-state index contributed by atoms with van der Waals surface area (Å²) in [5.74, 6) is -0.428. The van der Waals surface area contributed by atoms with Gasteiger partial charge in [0.15, 0.2) is 6.10 Å². The van der Waals surface area contributed by atoms with Crippen LogP contribution in [0.25, 0.3) is 0 Å². The highest BCUT2D eigenvalue weighted by Crippen LogP contribution is 2.33. The number of ether oxygens (including phenoxy) is 2. The van der Waals surface area contributed by atoms with Gasteiger partial charge in [-0.2, -0.15) is 5.10 Å². The maximum absolute atomic E-state index is 12.9. The molecular weight excluding hydrogens is 384 g/mol. The molecule has 0 aliphatic carbocycles. The van der Waals surface area contributed by atoms with Crippen molar-refractivity contribution in [1.82, 2.24) is 5.01 Å². The van der Waals surface area contributed by atoms with E-state index in [1.54, 1.807) is 37.5 Å². The Bertz CT molecular complexity index is 848. The first kappa shape index (κ1) is 20.1. The molecule has 28 heavy (non-hydrogen) atoms. The molecule has 1 aliphatic rings. The van der Waals surface area contributed by atoms with Crippen molar-refractivity contribution in [1.29, 1.82) is 0 Å². The number of rotatable bonds is 7. The SMILES string of the molecule is CCOCC(=O)O[C@@H](C)C(=O)N1N=C(c2ccc(Cl)cc2)C[C@@H]1c1ccco1. The average Bonchev–Trinajstić information content (AvgIpc) is 3.35. The molecule has 0 N–H and O–H groups in total. The second-order valence-electron chi connectivity index (χ2n) is 6.24. The normalized spacial score (nSPS) is 17.3. The standard InChI is InChI=1S/C20H21ClN2O5/c1-3-26-12-19(24)28-13(2)20(25)23-17(18-5-4-10-27-18)11-16(22-23)14-6-8-15(21)9-7-14/h4-10,13,17H,3,11-12H2,1-2H3/t13-,17+/m0/s1. The monoisotopic (exact) mass is 404 g/mol. The molecule has 1 aromatic carbocycles. The molecule has 0 spiro atoms. The van der Waals surface area contributed by atoms with Gasteiger partial charge in [0, 0.05) is 18.1 Å². The van der Waals surface area contributed by atoms with Gasteiger partial charge in [-0.3, -0.25) is 4.79 Å². The zero-order valence-electron chi connectivity index (χ0n) is 15.6. The number of carbonyl (C=O) groups is 2. The van der Waals surface area contributed by atoms with E-state index in [1.807, 2.05) is 12.1 Å². The van der Waals surface area contributed by atoms with Gasteiger partial charge in [0.2, 0.25) is 0 Å². The second-order valence-corrected chi connectivity index (χ2v) is 6.68. The highest BCUT2D eigenvalue weighted by molar-refractivity contribution is 6.30. The minimum absolute atomic E-state index is 0.199. The molecule has 0 fully saturated rings. The van der Waals surface area contributed by atoms with Crippen LogP contribution in [0.1, 0.15) is 37.6 Å². The lowest BCUT2D eigenvalue weighted by Crippen LogP contribution is -2.37. The number of nitrogens with zero attached hydrogens (tertiary/aromatic N) is 2. The van der Waals surface area contributed by atoms with Crippen LogP contribution < -0.4 is 0 Å². The largest absolute Gasteiger partial charge is 0.467 e. The summed E-state index contributed by atoms with van der Waals surface area (Å²) in [6, 6.07) is 10.4. The summed E-state index contributed by atoms with van der Waals surface area (Å²) in [7, 11) is 0. The van der Waals surface area contributed by atoms with Crippen LogP contribution >= 0.6 is 11.6 Å². The van der Waals surface area contributed by atoms with Gasteiger partial charge >= 0.3 is 5.97 Å². The first-order valence-electron chi connectivity index (χ1n) is 8.96. The smallest absolute Gasteiger partial charge is 0.332 e. The number of hydrogen-bond acceptors (Lipinski definition) is 6. The molecule has 1 amide bonds. The molecular formula is C20H21ClN2O5. The van der Waals surface area contributed by atoms with Crippen LogP contribution in [-0.4, -0.2) is 41.9 Å². The maximum atomic E-state index is 12.9. The van der Waals surface area contributed by atoms with Crippen molar-refractivity contribution in [2.24, 2.45) is 5.10 Å². The first-order chi connectivity index (χ1) is 13.5. The topological polar surface area (TPSA) is 81.3 Å². The Balaban J connectivity index is 1.80. The van der Waals surface area contributed by atoms with E-state index in [2.05, 4.69) is 5.10 Å². The number of carbonyl (C=O) groups excluding carboxylic acids is 2. The molecule has 0 saturated heterocycles. The minimum atomic E-state index is -1.00. The molecule has 1 aromatic heterocycles. The Morgan fingerprint density at radius 3 is 2.71 bits per heavy atom. The fourth-order valence-electron chi connectivity index (χ4n) is 2.89. The van der Waals surface area contributed by atoms with Crippen molar-refractivity contribution in [3.05, 3.63) is 59.0 Å². The summed E-state index contributed by atoms with van der Waals surface area (Å²) in [5.41, 5.74) is 1.58. The number of halogens is 1. The zero-order chi connectivity index (χ0) is 20.1. The van der Waals surface area contributed by atoms with Crippen LogP contribution in [0, 0.1) is 0 Å². The van der Waals surface area contributed by atoms with Crippen LogP contribution in [0.15, 0.2) is 52.2 Å². The van der Waals surface area contributed by atoms with Gasteiger partial charge < -0.3 is 13.9 Å². The Labute approximate surface area is 167 Å². The van der Waals surface area contributed by atoms with Crippen molar-refractivity contribution in [3.63, 3.8) is 0 Å². The van der Waals surface area contributed by atoms with E-state index < -0.39 is 24.0 Å². The summed E-state index contributed by atoms with van der Waals surface area (Å²) in [4.78, 5) is 24.7. The van der Waals surface area contributed by atoms with Crippen molar-refractivity contribution in [2.45, 2.75) is 32.4 Å². The molecule has 7 nitrogen and oxygen atoms in total. The molecule has 0 unspecified atom stereocenters. The second kappa shape index (κ2) is 9.03. The Hall–Kier alpha value is -2.64. The highest BCUT2D eigenvalue weighted by Gasteiger charge is 2.37. The van der Waals surface area contributed by atoms with Crippen LogP contribution in [0.5, 0.6) is 0 Å². The van der Waals surface area contributed by atoms with E-state index in [4.69, 9.17) is 25.5 Å². The van der Waals surface area contributed by atoms with Crippen LogP contribution in [0.4, 0.5) is 0 Å². The minimum Gasteiger partial charge on any atom is -0.467 e. The van der Waals surface area contributed by atoms with Gasteiger partial charge in [0.05, 0.1) is 12.0 Å². The summed E-state index contributed by atoms with van der Waals surface area (Å²) in [6.45, 7) is 3.47. The fourth-order valence-corrected chi connectivity index (χ4v) is 3.01. The van der Waals surface area contributed by atoms with Gasteiger partial charge in [-0.1, -0.05) is 23.7 Å². The Morgan fingerprint density at radius 2 is 2.07 bits per heavy atom. The first-order valence-corrected chi connectivity index (χ1v) is 9.34. The number of benzene rings is 1. The van der Waals surface area contributed by atoms with Gasteiger partial charge in [-0.05, 0) is 43.7 Å². The van der Waals surface area contributed by atoms with E-state index in [0.717, 1.165) is 11.3 Å². The molecule has 0 saturated carbocycles. The maximum Gasteiger partial charge on any atom is 0.332 e. The van der Waals surface area contributed by atoms with Gasteiger partial charge in [0.1, 0.15) is 18.4 Å². The summed E-state index contributed by atoms with van der Waals surface area (Å²) < 4.78 is 15.7. The van der Waals surface area contributed by atoms with Gasteiger partial charge in [0.25, 0.3) is 5.91 Å². The lowest BCUT2D eigenvalue weighted by Gasteiger charge is -2.23. The molecule has 2 aromatic rings. The van der Waals surface area contributed by atoms with E-state index in [0.29, 0.717) is 23.8 Å². The van der Waals surface area contributed by atoms with Crippen molar-refractivity contribution < 1.29 is 23.5 Å². The fraction of sp³-hybridized carbons (Fsp3) is 0.350. The molecule has 8 heteroatoms. The highest BCUT2D eigenvalue weighted by atomic mass is 35.5. The Morgan fingerprint density at radius 1 is 1.32 bits per heavy atom. The zero-order valence-corrected chi connectivity index (χ0v) is 16.4. The number of hydrogen-bond donors (Lipinski definition) is 0. The summed E-state index contributed by atoms with van der Waals surface area (Å²) in [6.07, 6.45) is 1.02. The lowest BCUT2D eigenvalue weighted by molar-refractivity contribution is -0.163. The molecule has 148 valence electrons. The third-order valence-electron chi connectivity index (χ3n) is 4.27. The number of amides is 1. The Kier molecular flexibility index (Phi) is 6.49. The third kappa shape index (κ3) is 4.61.